The molecule has 0 saturated carbocycles. The minimum absolute atomic E-state index is 0.107. The standard InChI is InChI=1S/C24H20F3N5O2/c25-24(26,27)16-7-4-8-17(11-16)32-22-19(12-29-32)23(34)31(14-28-22)13-21(33)30-20-10-3-6-15-5-1-2-9-18(15)20/h1-2,4-5,7-9,11-12,14,20H,3,6,10,13H2,(H,30,33). The number of hydrogen-bond acceptors (Lipinski definition) is 4. The first-order chi connectivity index (χ1) is 16.3. The predicted octanol–water partition coefficient (Wildman–Crippen LogP) is 3.79. The summed E-state index contributed by atoms with van der Waals surface area (Å²) in [4.78, 5) is 29.9. The zero-order chi connectivity index (χ0) is 23.9. The lowest BCUT2D eigenvalue weighted by atomic mass is 9.88. The molecule has 2 aromatic carbocycles. The summed E-state index contributed by atoms with van der Waals surface area (Å²) in [5.41, 5.74) is 1.21. The number of nitrogens with one attached hydrogen (secondary N) is 1. The van der Waals surface area contributed by atoms with Crippen LogP contribution in [-0.2, 0) is 23.9 Å². The Balaban J connectivity index is 1.39. The summed E-state index contributed by atoms with van der Waals surface area (Å²) < 4.78 is 41.6. The number of rotatable bonds is 4. The van der Waals surface area contributed by atoms with Crippen molar-refractivity contribution in [2.45, 2.75) is 38.0 Å². The smallest absolute Gasteiger partial charge is 0.348 e. The third-order valence-corrected chi connectivity index (χ3v) is 5.99. The monoisotopic (exact) mass is 467 g/mol. The molecule has 0 aliphatic heterocycles. The molecule has 10 heteroatoms. The van der Waals surface area contributed by atoms with Crippen LogP contribution in [0.1, 0.15) is 35.6 Å². The molecule has 0 spiro atoms. The molecule has 1 amide bonds. The summed E-state index contributed by atoms with van der Waals surface area (Å²) in [6, 6.07) is 12.5. The molecule has 1 unspecified atom stereocenters. The normalized spacial score (nSPS) is 15.8. The third-order valence-electron chi connectivity index (χ3n) is 5.99. The number of alkyl halides is 3. The van der Waals surface area contributed by atoms with Crippen molar-refractivity contribution in [1.29, 1.82) is 0 Å². The number of benzene rings is 2. The third kappa shape index (κ3) is 4.07. The van der Waals surface area contributed by atoms with Gasteiger partial charge in [0.05, 0.1) is 23.5 Å². The molecule has 7 nitrogen and oxygen atoms in total. The zero-order valence-corrected chi connectivity index (χ0v) is 17.9. The van der Waals surface area contributed by atoms with Crippen molar-refractivity contribution in [3.8, 4) is 5.69 Å². The van der Waals surface area contributed by atoms with Gasteiger partial charge in [0.15, 0.2) is 5.65 Å². The summed E-state index contributed by atoms with van der Waals surface area (Å²) in [6.45, 7) is -0.227. The minimum Gasteiger partial charge on any atom is -0.348 e. The van der Waals surface area contributed by atoms with Gasteiger partial charge in [0.1, 0.15) is 18.3 Å². The second kappa shape index (κ2) is 8.44. The van der Waals surface area contributed by atoms with Gasteiger partial charge >= 0.3 is 6.18 Å². The van der Waals surface area contributed by atoms with Crippen LogP contribution in [0.5, 0.6) is 0 Å². The molecule has 1 aliphatic rings. The highest BCUT2D eigenvalue weighted by Gasteiger charge is 2.30. The van der Waals surface area contributed by atoms with Crippen molar-refractivity contribution in [1.82, 2.24) is 24.6 Å². The van der Waals surface area contributed by atoms with Crippen LogP contribution < -0.4 is 10.9 Å². The molecule has 174 valence electrons. The Hall–Kier alpha value is -3.95. The molecule has 34 heavy (non-hydrogen) atoms. The number of carbonyl (C=O) groups excluding carboxylic acids is 1. The maximum Gasteiger partial charge on any atom is 0.416 e. The van der Waals surface area contributed by atoms with Gasteiger partial charge in [-0.25, -0.2) is 9.67 Å². The summed E-state index contributed by atoms with van der Waals surface area (Å²) in [5.74, 6) is -0.324. The van der Waals surface area contributed by atoms with Crippen molar-refractivity contribution in [2.24, 2.45) is 0 Å². The van der Waals surface area contributed by atoms with Crippen molar-refractivity contribution in [3.63, 3.8) is 0 Å². The average molecular weight is 467 g/mol. The van der Waals surface area contributed by atoms with E-state index in [0.29, 0.717) is 0 Å². The molecule has 0 saturated heterocycles. The SMILES string of the molecule is O=C(Cn1cnc2c(cnn2-c2cccc(C(F)(F)F)c2)c1=O)NC1CCCc2ccccc21. The second-order valence-corrected chi connectivity index (χ2v) is 8.23. The average Bonchev–Trinajstić information content (AvgIpc) is 3.26. The fraction of sp³-hybridized carbons (Fsp3) is 0.250. The van der Waals surface area contributed by atoms with Gasteiger partial charge in [-0.15, -0.1) is 0 Å². The van der Waals surface area contributed by atoms with E-state index < -0.39 is 17.3 Å². The summed E-state index contributed by atoms with van der Waals surface area (Å²) >= 11 is 0. The molecule has 0 radical (unpaired) electrons. The molecule has 2 heterocycles. The van der Waals surface area contributed by atoms with E-state index in [-0.39, 0.29) is 35.2 Å². The van der Waals surface area contributed by atoms with E-state index in [1.807, 2.05) is 18.2 Å². The van der Waals surface area contributed by atoms with E-state index in [9.17, 15) is 22.8 Å². The van der Waals surface area contributed by atoms with Crippen molar-refractivity contribution >= 4 is 16.9 Å². The zero-order valence-electron chi connectivity index (χ0n) is 17.9. The van der Waals surface area contributed by atoms with Gasteiger partial charge in [-0.1, -0.05) is 30.3 Å². The summed E-state index contributed by atoms with van der Waals surface area (Å²) in [7, 11) is 0. The Morgan fingerprint density at radius 2 is 1.97 bits per heavy atom. The van der Waals surface area contributed by atoms with Crippen molar-refractivity contribution < 1.29 is 18.0 Å². The molecule has 0 fully saturated rings. The largest absolute Gasteiger partial charge is 0.416 e. The maximum absolute atomic E-state index is 13.1. The number of halogens is 3. The van der Waals surface area contributed by atoms with Gasteiger partial charge in [0, 0.05) is 0 Å². The van der Waals surface area contributed by atoms with Crippen LogP contribution in [0.2, 0.25) is 0 Å². The Kier molecular flexibility index (Phi) is 5.43. The van der Waals surface area contributed by atoms with Crippen LogP contribution in [-0.4, -0.2) is 25.2 Å². The Labute approximate surface area is 191 Å². The second-order valence-electron chi connectivity index (χ2n) is 8.23. The van der Waals surface area contributed by atoms with Crippen molar-refractivity contribution in [2.75, 3.05) is 0 Å². The molecule has 0 bridgehead atoms. The van der Waals surface area contributed by atoms with E-state index in [1.165, 1.54) is 39.5 Å². The molecular weight excluding hydrogens is 447 g/mol. The van der Waals surface area contributed by atoms with Crippen molar-refractivity contribution in [3.05, 3.63) is 88.1 Å². The summed E-state index contributed by atoms with van der Waals surface area (Å²) in [6.07, 6.45) is 0.703. The predicted molar refractivity (Wildman–Crippen MR) is 118 cm³/mol. The van der Waals surface area contributed by atoms with Crippen LogP contribution in [0.25, 0.3) is 16.7 Å². The molecule has 1 aliphatic carbocycles. The van der Waals surface area contributed by atoms with Crippen LogP contribution >= 0.6 is 0 Å². The molecule has 1 atom stereocenters. The van der Waals surface area contributed by atoms with Gasteiger partial charge in [0.2, 0.25) is 5.91 Å². The lowest BCUT2D eigenvalue weighted by Gasteiger charge is -2.26. The van der Waals surface area contributed by atoms with Crippen LogP contribution in [0, 0.1) is 0 Å². The molecule has 5 rings (SSSR count). The highest BCUT2D eigenvalue weighted by atomic mass is 19.4. The first-order valence-electron chi connectivity index (χ1n) is 10.8. The van der Waals surface area contributed by atoms with Gasteiger partial charge in [-0.05, 0) is 48.6 Å². The van der Waals surface area contributed by atoms with Gasteiger partial charge < -0.3 is 5.32 Å². The topological polar surface area (TPSA) is 81.8 Å². The van der Waals surface area contributed by atoms with Gasteiger partial charge in [-0.3, -0.25) is 14.2 Å². The highest BCUT2D eigenvalue weighted by molar-refractivity contribution is 5.78. The van der Waals surface area contributed by atoms with Gasteiger partial charge in [0.25, 0.3) is 5.56 Å². The molecule has 4 aromatic rings. The van der Waals surface area contributed by atoms with E-state index in [4.69, 9.17) is 0 Å². The Morgan fingerprint density at radius 1 is 1.15 bits per heavy atom. The Morgan fingerprint density at radius 3 is 2.79 bits per heavy atom. The summed E-state index contributed by atoms with van der Waals surface area (Å²) in [5, 5.41) is 7.16. The minimum atomic E-state index is -4.51. The lowest BCUT2D eigenvalue weighted by molar-refractivity contribution is -0.137. The Bertz CT molecular complexity index is 1440. The van der Waals surface area contributed by atoms with Crippen LogP contribution in [0.3, 0.4) is 0 Å². The van der Waals surface area contributed by atoms with E-state index in [0.717, 1.165) is 37.0 Å². The number of nitrogens with zero attached hydrogens (tertiary/aromatic N) is 4. The number of aromatic nitrogens is 4. The molecule has 2 aromatic heterocycles. The first kappa shape index (κ1) is 21.9. The fourth-order valence-electron chi connectivity index (χ4n) is 4.36. The molecular formula is C24H20F3N5O2. The first-order valence-corrected chi connectivity index (χ1v) is 10.8. The highest BCUT2D eigenvalue weighted by Crippen LogP contribution is 2.31. The number of fused-ring (bicyclic) bond motifs is 2. The van der Waals surface area contributed by atoms with Crippen LogP contribution in [0.4, 0.5) is 13.2 Å². The molecule has 1 N–H and O–H groups in total. The lowest BCUT2D eigenvalue weighted by Crippen LogP contribution is -2.36. The maximum atomic E-state index is 13.1. The number of carbonyl (C=O) groups is 1. The van der Waals surface area contributed by atoms with E-state index in [1.54, 1.807) is 0 Å². The fourth-order valence-corrected chi connectivity index (χ4v) is 4.36. The van der Waals surface area contributed by atoms with Gasteiger partial charge in [-0.2, -0.15) is 18.3 Å². The number of amides is 1. The number of hydrogen-bond donors (Lipinski definition) is 1. The van der Waals surface area contributed by atoms with E-state index >= 15 is 0 Å². The van der Waals surface area contributed by atoms with Crippen LogP contribution in [0.15, 0.2) is 65.8 Å². The quantitative estimate of drug-likeness (QED) is 0.495. The van der Waals surface area contributed by atoms with E-state index in [2.05, 4.69) is 21.5 Å². The number of aryl methyl sites for hydroxylation is 1.